The summed E-state index contributed by atoms with van der Waals surface area (Å²) in [6, 6.07) is 15.6. The third-order valence-electron chi connectivity index (χ3n) is 6.72. The first kappa shape index (κ1) is 27.9. The molecule has 1 aromatic heterocycles. The van der Waals surface area contributed by atoms with E-state index in [0.717, 1.165) is 11.1 Å². The minimum atomic E-state index is -0.830. The van der Waals surface area contributed by atoms with Crippen LogP contribution >= 0.6 is 0 Å². The molecule has 7 nitrogen and oxygen atoms in total. The van der Waals surface area contributed by atoms with Crippen LogP contribution in [0.5, 0.6) is 11.5 Å². The van der Waals surface area contributed by atoms with Crippen LogP contribution < -0.4 is 9.47 Å². The molecule has 39 heavy (non-hydrogen) atoms. The molecule has 2 heterocycles. The third kappa shape index (κ3) is 5.98. The monoisotopic (exact) mass is 528 g/mol. The molecule has 7 heteroatoms. The molecule has 0 radical (unpaired) electrons. The number of Topliss-reactive ketones (excluding diaryl/α,β-unsaturated/α-hetero) is 1. The van der Waals surface area contributed by atoms with Crippen molar-refractivity contribution in [3.63, 3.8) is 0 Å². The number of benzene rings is 2. The van der Waals surface area contributed by atoms with Gasteiger partial charge in [0.05, 0.1) is 30.9 Å². The van der Waals surface area contributed by atoms with Gasteiger partial charge in [0, 0.05) is 18.9 Å². The number of methoxy groups -OCH3 is 1. The Morgan fingerprint density at radius 1 is 1.05 bits per heavy atom. The summed E-state index contributed by atoms with van der Waals surface area (Å²) in [6.07, 6.45) is 3.29. The van der Waals surface area contributed by atoms with Crippen molar-refractivity contribution in [2.24, 2.45) is 5.92 Å². The van der Waals surface area contributed by atoms with Gasteiger partial charge in [-0.2, -0.15) is 0 Å². The average molecular weight is 529 g/mol. The maximum atomic E-state index is 13.6. The SMILES string of the molecule is COc1ccc(C(C)(C)C)cc1/C(O)=C1\C(=O)C(=O)N(Cc2ccncc2)C1c1cccc(OCC(C)C)c1. The fraction of sp³-hybridized carbons (Fsp3) is 0.344. The highest BCUT2D eigenvalue weighted by atomic mass is 16.5. The second-order valence-electron chi connectivity index (χ2n) is 11.2. The van der Waals surface area contributed by atoms with Crippen molar-refractivity contribution in [1.29, 1.82) is 0 Å². The molecule has 4 rings (SSSR count). The number of carbonyl (C=O) groups is 2. The summed E-state index contributed by atoms with van der Waals surface area (Å²) in [5.41, 5.74) is 2.60. The van der Waals surface area contributed by atoms with Crippen molar-refractivity contribution in [2.75, 3.05) is 13.7 Å². The van der Waals surface area contributed by atoms with E-state index in [1.165, 1.54) is 12.0 Å². The zero-order chi connectivity index (χ0) is 28.3. The maximum Gasteiger partial charge on any atom is 0.295 e. The largest absolute Gasteiger partial charge is 0.507 e. The molecule has 0 bridgehead atoms. The highest BCUT2D eigenvalue weighted by Gasteiger charge is 2.46. The molecule has 3 aromatic rings. The Kier molecular flexibility index (Phi) is 8.09. The van der Waals surface area contributed by atoms with Crippen molar-refractivity contribution in [1.82, 2.24) is 9.88 Å². The normalized spacial score (nSPS) is 17.1. The number of hydrogen-bond acceptors (Lipinski definition) is 6. The van der Waals surface area contributed by atoms with E-state index < -0.39 is 17.7 Å². The molecule has 1 aliphatic heterocycles. The van der Waals surface area contributed by atoms with Crippen LogP contribution in [-0.2, 0) is 21.5 Å². The molecule has 204 valence electrons. The smallest absolute Gasteiger partial charge is 0.295 e. The molecular weight excluding hydrogens is 492 g/mol. The summed E-state index contributed by atoms with van der Waals surface area (Å²) in [4.78, 5) is 32.6. The van der Waals surface area contributed by atoms with E-state index in [0.29, 0.717) is 35.2 Å². The number of carbonyl (C=O) groups excluding carboxylic acids is 2. The van der Waals surface area contributed by atoms with E-state index in [4.69, 9.17) is 9.47 Å². The fourth-order valence-corrected chi connectivity index (χ4v) is 4.62. The van der Waals surface area contributed by atoms with E-state index >= 15 is 0 Å². The van der Waals surface area contributed by atoms with Crippen molar-refractivity contribution < 1.29 is 24.2 Å². The summed E-state index contributed by atoms with van der Waals surface area (Å²) < 4.78 is 11.5. The fourth-order valence-electron chi connectivity index (χ4n) is 4.62. The Morgan fingerprint density at radius 3 is 2.41 bits per heavy atom. The van der Waals surface area contributed by atoms with Gasteiger partial charge >= 0.3 is 0 Å². The topological polar surface area (TPSA) is 89.0 Å². The molecule has 1 aliphatic rings. The Hall–Kier alpha value is -4.13. The molecule has 0 aliphatic carbocycles. The van der Waals surface area contributed by atoms with Crippen LogP contribution in [0.4, 0.5) is 0 Å². The van der Waals surface area contributed by atoms with Gasteiger partial charge in [-0.15, -0.1) is 0 Å². The first-order chi connectivity index (χ1) is 18.5. The molecule has 1 fully saturated rings. The van der Waals surface area contributed by atoms with Gasteiger partial charge in [0.25, 0.3) is 11.7 Å². The van der Waals surface area contributed by atoms with Crippen LogP contribution in [0.25, 0.3) is 5.76 Å². The third-order valence-corrected chi connectivity index (χ3v) is 6.72. The Balaban J connectivity index is 1.91. The number of pyridine rings is 1. The number of amides is 1. The number of aromatic nitrogens is 1. The number of aliphatic hydroxyl groups is 1. The number of aliphatic hydroxyl groups excluding tert-OH is 1. The lowest BCUT2D eigenvalue weighted by Gasteiger charge is -2.26. The van der Waals surface area contributed by atoms with Gasteiger partial charge in [-0.1, -0.05) is 52.8 Å². The number of rotatable bonds is 8. The van der Waals surface area contributed by atoms with E-state index in [9.17, 15) is 14.7 Å². The standard InChI is InChI=1S/C32H36N2O5/c1-20(2)19-39-24-9-7-8-22(16-24)28-27(30(36)31(37)34(28)18-21-12-14-33-15-13-21)29(35)25-17-23(32(3,4)5)10-11-26(25)38-6/h7-17,20,28,35H,18-19H2,1-6H3/b29-27+. The lowest BCUT2D eigenvalue weighted by molar-refractivity contribution is -0.140. The van der Waals surface area contributed by atoms with Crippen LogP contribution in [0.1, 0.15) is 62.9 Å². The molecular formula is C32H36N2O5. The molecule has 1 unspecified atom stereocenters. The molecule has 1 amide bonds. The first-order valence-electron chi connectivity index (χ1n) is 13.1. The number of ether oxygens (including phenoxy) is 2. The second kappa shape index (κ2) is 11.3. The average Bonchev–Trinajstić information content (AvgIpc) is 3.16. The molecule has 0 saturated carbocycles. The number of ketones is 1. The lowest BCUT2D eigenvalue weighted by atomic mass is 9.85. The summed E-state index contributed by atoms with van der Waals surface area (Å²) in [7, 11) is 1.51. The van der Waals surface area contributed by atoms with Gasteiger partial charge in [-0.3, -0.25) is 14.6 Å². The highest BCUT2D eigenvalue weighted by molar-refractivity contribution is 6.46. The van der Waals surface area contributed by atoms with Gasteiger partial charge < -0.3 is 19.5 Å². The van der Waals surface area contributed by atoms with Crippen LogP contribution in [0.2, 0.25) is 0 Å². The summed E-state index contributed by atoms with van der Waals surface area (Å²) in [6.45, 7) is 11.0. The van der Waals surface area contributed by atoms with Crippen molar-refractivity contribution >= 4 is 17.4 Å². The van der Waals surface area contributed by atoms with Crippen LogP contribution in [-0.4, -0.2) is 40.4 Å². The minimum absolute atomic E-state index is 0.0134. The van der Waals surface area contributed by atoms with Crippen molar-refractivity contribution in [3.8, 4) is 11.5 Å². The van der Waals surface area contributed by atoms with E-state index in [2.05, 4.69) is 39.6 Å². The van der Waals surface area contributed by atoms with Crippen molar-refractivity contribution in [3.05, 3.63) is 94.8 Å². The Morgan fingerprint density at radius 2 is 1.77 bits per heavy atom. The van der Waals surface area contributed by atoms with Crippen LogP contribution in [0.3, 0.4) is 0 Å². The van der Waals surface area contributed by atoms with E-state index in [1.54, 1.807) is 30.6 Å². The molecule has 1 saturated heterocycles. The predicted octanol–water partition coefficient (Wildman–Crippen LogP) is 6.04. The van der Waals surface area contributed by atoms with Gasteiger partial charge in [0.2, 0.25) is 0 Å². The number of nitrogens with zero attached hydrogens (tertiary/aromatic N) is 2. The second-order valence-corrected chi connectivity index (χ2v) is 11.2. The van der Waals surface area contributed by atoms with E-state index in [1.807, 2.05) is 36.4 Å². The van der Waals surface area contributed by atoms with E-state index in [-0.39, 0.29) is 23.3 Å². The van der Waals surface area contributed by atoms with Crippen molar-refractivity contribution in [2.45, 2.75) is 52.6 Å². The van der Waals surface area contributed by atoms with Crippen LogP contribution in [0, 0.1) is 5.92 Å². The summed E-state index contributed by atoms with van der Waals surface area (Å²) in [5, 5.41) is 11.7. The van der Waals surface area contributed by atoms with Gasteiger partial charge in [0.1, 0.15) is 17.3 Å². The quantitative estimate of drug-likeness (QED) is 0.218. The molecule has 2 aromatic carbocycles. The zero-order valence-electron chi connectivity index (χ0n) is 23.4. The number of hydrogen-bond donors (Lipinski definition) is 1. The summed E-state index contributed by atoms with van der Waals surface area (Å²) >= 11 is 0. The van der Waals surface area contributed by atoms with Gasteiger partial charge in [-0.25, -0.2) is 0 Å². The number of likely N-dealkylation sites (tertiary alicyclic amines) is 1. The summed E-state index contributed by atoms with van der Waals surface area (Å²) in [5.74, 6) is -0.335. The van der Waals surface area contributed by atoms with Gasteiger partial charge in [-0.05, 0) is 64.4 Å². The maximum absolute atomic E-state index is 13.6. The first-order valence-corrected chi connectivity index (χ1v) is 13.1. The minimum Gasteiger partial charge on any atom is -0.507 e. The highest BCUT2D eigenvalue weighted by Crippen LogP contribution is 2.43. The molecule has 1 atom stereocenters. The molecule has 0 spiro atoms. The molecule has 1 N–H and O–H groups in total. The van der Waals surface area contributed by atoms with Crippen LogP contribution in [0.15, 0.2) is 72.6 Å². The van der Waals surface area contributed by atoms with Gasteiger partial charge in [0.15, 0.2) is 0 Å². The Labute approximate surface area is 230 Å². The Bertz CT molecular complexity index is 1390. The zero-order valence-corrected chi connectivity index (χ0v) is 23.4. The lowest BCUT2D eigenvalue weighted by Crippen LogP contribution is -2.29. The predicted molar refractivity (Wildman–Crippen MR) is 151 cm³/mol.